The molecule has 0 aliphatic heterocycles. The monoisotopic (exact) mass is 644 g/mol. The molecule has 0 radical (unpaired) electrons. The van der Waals surface area contributed by atoms with Crippen molar-refractivity contribution in [1.29, 1.82) is 0 Å². The van der Waals surface area contributed by atoms with Crippen molar-refractivity contribution < 1.29 is 48.1 Å². The second-order valence-corrected chi connectivity index (χ2v) is 21.6. The summed E-state index contributed by atoms with van der Waals surface area (Å²) in [6.45, 7) is 27.9. The molecule has 38 heavy (non-hydrogen) atoms. The summed E-state index contributed by atoms with van der Waals surface area (Å²) < 4.78 is 0. The van der Waals surface area contributed by atoms with Crippen LogP contribution in [0.5, 0.6) is 0 Å². The summed E-state index contributed by atoms with van der Waals surface area (Å²) in [5.74, 6) is 0. The molecule has 2 aromatic rings. The average Bonchev–Trinajstić information content (AvgIpc) is 3.41. The standard InChI is InChI=1S/C21H25.C8H18Si.C5H5.2ClH.Zr/c1-20(2,3)16-9-7-14-11-15-8-10-17(21(4,5)6)13-19(15)18(14)12-16;1-7(2,3)9-8(4,5)6;1-2-4-5-3-1;;;/h7,9-10,12-13H,11H2,1-6H3;1-6H3;1-3H,4H2;2*1H;/q-1;;-1;;;+2/p-2. The van der Waals surface area contributed by atoms with Crippen LogP contribution >= 0.6 is 0 Å². The fraction of sp³-hybridized carbons (Fsp3) is 0.529. The van der Waals surface area contributed by atoms with Crippen molar-refractivity contribution in [3.05, 3.63) is 83.0 Å². The molecule has 0 saturated carbocycles. The van der Waals surface area contributed by atoms with E-state index in [1.54, 1.807) is 23.3 Å². The summed E-state index contributed by atoms with van der Waals surface area (Å²) in [5, 5.41) is 1.17. The topological polar surface area (TPSA) is 0 Å². The van der Waals surface area contributed by atoms with Gasteiger partial charge in [-0.05, 0) is 17.4 Å². The molecule has 0 fully saturated rings. The average molecular weight is 647 g/mol. The summed E-state index contributed by atoms with van der Waals surface area (Å²) in [4.78, 5) is 0. The minimum atomic E-state index is -0.131. The van der Waals surface area contributed by atoms with E-state index < -0.39 is 0 Å². The molecule has 4 rings (SSSR count). The number of hydrogen-bond acceptors (Lipinski definition) is 0. The molecule has 208 valence electrons. The van der Waals surface area contributed by atoms with Crippen molar-refractivity contribution in [2.45, 2.75) is 117 Å². The summed E-state index contributed by atoms with van der Waals surface area (Å²) >= 11 is 1.77. The van der Waals surface area contributed by atoms with Crippen LogP contribution in [0.3, 0.4) is 0 Å². The van der Waals surface area contributed by atoms with Gasteiger partial charge in [-0.2, -0.15) is 35.4 Å². The van der Waals surface area contributed by atoms with E-state index in [1.165, 1.54) is 33.4 Å². The van der Waals surface area contributed by atoms with Crippen molar-refractivity contribution in [2.75, 3.05) is 0 Å². The fourth-order valence-electron chi connectivity index (χ4n) is 4.45. The first-order valence-corrected chi connectivity index (χ1v) is 18.5. The number of fused-ring (bicyclic) bond motifs is 3. The largest absolute Gasteiger partial charge is 1.00 e. The summed E-state index contributed by atoms with van der Waals surface area (Å²) in [5.41, 5.74) is 8.63. The van der Waals surface area contributed by atoms with Gasteiger partial charge in [-0.3, -0.25) is 6.08 Å². The van der Waals surface area contributed by atoms with Crippen molar-refractivity contribution in [1.82, 2.24) is 0 Å². The van der Waals surface area contributed by atoms with Crippen LogP contribution in [-0.2, 0) is 40.6 Å². The Balaban J connectivity index is 0.000000676. The summed E-state index contributed by atoms with van der Waals surface area (Å²) in [7, 11) is 0. The number of halogens is 2. The Kier molecular flexibility index (Phi) is 14.3. The molecule has 2 aromatic carbocycles. The second-order valence-electron chi connectivity index (χ2n) is 14.2. The Hall–Kier alpha value is -0.400. The van der Waals surface area contributed by atoms with Gasteiger partial charge in [-0.15, -0.1) is 12.0 Å². The van der Waals surface area contributed by atoms with Crippen molar-refractivity contribution in [3.8, 4) is 11.1 Å². The first-order valence-electron chi connectivity index (χ1n) is 13.3. The van der Waals surface area contributed by atoms with E-state index in [-0.39, 0.29) is 41.1 Å². The third-order valence-corrected chi connectivity index (χ3v) is 20.7. The zero-order valence-electron chi connectivity index (χ0n) is 25.8. The zero-order valence-corrected chi connectivity index (χ0v) is 30.8. The molecule has 0 unspecified atom stereocenters. The van der Waals surface area contributed by atoms with Crippen LogP contribution in [0.1, 0.15) is 112 Å². The maximum Gasteiger partial charge on any atom is -0.0132 e. The third-order valence-electron chi connectivity index (χ3n) is 6.61. The number of rotatable bonds is 0. The Morgan fingerprint density at radius 3 is 1.63 bits per heavy atom. The molecular weight excluding hydrogens is 599 g/mol. The number of benzene rings is 2. The Morgan fingerprint density at radius 2 is 1.26 bits per heavy atom. The van der Waals surface area contributed by atoms with E-state index in [2.05, 4.69) is 132 Å². The van der Waals surface area contributed by atoms with Crippen LogP contribution < -0.4 is 24.8 Å². The van der Waals surface area contributed by atoms with E-state index >= 15 is 0 Å². The van der Waals surface area contributed by atoms with E-state index in [1.807, 2.05) is 12.2 Å². The van der Waals surface area contributed by atoms with E-state index in [0.29, 0.717) is 10.1 Å². The van der Waals surface area contributed by atoms with Gasteiger partial charge >= 0.3 is 80.4 Å². The Morgan fingerprint density at radius 1 is 0.737 bits per heavy atom. The van der Waals surface area contributed by atoms with Crippen LogP contribution in [0.15, 0.2) is 48.6 Å². The quantitative estimate of drug-likeness (QED) is 0.255. The van der Waals surface area contributed by atoms with Crippen LogP contribution in [-0.4, -0.2) is 5.43 Å². The SMILES string of the molecule is CC(C)(C)[Si](=[Zr+2])C(C)(C)C.CC(C)(C)c1c[c-]c2c(c1)-c1cc(C(C)(C)C)ccc1C2.[C-]1=CC=CC1.[Cl-].[Cl-]. The van der Waals surface area contributed by atoms with Gasteiger partial charge in [0.05, 0.1) is 0 Å². The van der Waals surface area contributed by atoms with Gasteiger partial charge < -0.3 is 24.8 Å². The van der Waals surface area contributed by atoms with Crippen LogP contribution in [0.4, 0.5) is 0 Å². The first kappa shape index (κ1) is 37.6. The van der Waals surface area contributed by atoms with E-state index in [0.717, 1.165) is 12.8 Å². The normalized spacial score (nSPS) is 13.6. The van der Waals surface area contributed by atoms with Gasteiger partial charge in [0.1, 0.15) is 0 Å². The molecule has 0 bridgehead atoms. The molecule has 0 aromatic heterocycles. The van der Waals surface area contributed by atoms with E-state index in [9.17, 15) is 0 Å². The van der Waals surface area contributed by atoms with Gasteiger partial charge in [-0.25, -0.2) is 12.2 Å². The maximum atomic E-state index is 3.53. The Labute approximate surface area is 262 Å². The number of allylic oxidation sites excluding steroid dienone is 4. The first-order chi connectivity index (χ1) is 16.3. The van der Waals surface area contributed by atoms with Crippen molar-refractivity contribution in [2.24, 2.45) is 0 Å². The predicted molar refractivity (Wildman–Crippen MR) is 158 cm³/mol. The minimum Gasteiger partial charge on any atom is -1.00 e. The van der Waals surface area contributed by atoms with Crippen molar-refractivity contribution in [3.63, 3.8) is 0 Å². The van der Waals surface area contributed by atoms with Crippen LogP contribution in [0.2, 0.25) is 10.1 Å². The fourth-order valence-corrected chi connectivity index (χ4v) is 6.70. The van der Waals surface area contributed by atoms with Gasteiger partial charge in [0.2, 0.25) is 0 Å². The number of hydrogen-bond donors (Lipinski definition) is 0. The Bertz CT molecular complexity index is 1040. The molecule has 2 aliphatic carbocycles. The second kappa shape index (κ2) is 14.5. The molecule has 0 nitrogen and oxygen atoms in total. The molecule has 0 spiro atoms. The van der Waals surface area contributed by atoms with E-state index in [4.69, 9.17) is 0 Å². The third kappa shape index (κ3) is 10.9. The van der Waals surface area contributed by atoms with Gasteiger partial charge in [0.25, 0.3) is 0 Å². The van der Waals surface area contributed by atoms with Crippen molar-refractivity contribution >= 4 is 5.43 Å². The maximum absolute atomic E-state index is 3.53. The molecule has 2 aliphatic rings. The summed E-state index contributed by atoms with van der Waals surface area (Å²) in [6.07, 6.45) is 11.0. The van der Waals surface area contributed by atoms with Crippen LogP contribution in [0.25, 0.3) is 11.1 Å². The summed E-state index contributed by atoms with van der Waals surface area (Å²) in [6, 6.07) is 15.1. The molecule has 4 heteroatoms. The van der Waals surface area contributed by atoms with Gasteiger partial charge in [0.15, 0.2) is 0 Å². The molecule has 0 atom stereocenters. The van der Waals surface area contributed by atoms with Gasteiger partial charge in [-0.1, -0.05) is 76.3 Å². The minimum absolute atomic E-state index is 0. The molecular formula is C34H48Cl2SiZr-2. The molecule has 0 heterocycles. The van der Waals surface area contributed by atoms with Gasteiger partial charge in [0, 0.05) is 0 Å². The smallest absolute Gasteiger partial charge is 0.0132 e. The molecule has 0 N–H and O–H groups in total. The van der Waals surface area contributed by atoms with Crippen LogP contribution in [0, 0.1) is 12.1 Å². The molecule has 0 saturated heterocycles. The predicted octanol–water partition coefficient (Wildman–Crippen LogP) is 4.09. The zero-order chi connectivity index (χ0) is 27.5. The molecule has 0 amide bonds.